The van der Waals surface area contributed by atoms with Crippen molar-refractivity contribution in [3.05, 3.63) is 47.1 Å². The number of hydrogen-bond acceptors (Lipinski definition) is 4. The van der Waals surface area contributed by atoms with Gasteiger partial charge in [-0.2, -0.15) is 0 Å². The van der Waals surface area contributed by atoms with Gasteiger partial charge in [-0.1, -0.05) is 12.1 Å². The van der Waals surface area contributed by atoms with Crippen LogP contribution in [-0.4, -0.2) is 21.5 Å². The molecule has 1 heterocycles. The first-order valence-electron chi connectivity index (χ1n) is 6.56. The number of para-hydroxylation sites is 1. The summed E-state index contributed by atoms with van der Waals surface area (Å²) in [6.07, 6.45) is 0.631. The van der Waals surface area contributed by atoms with Gasteiger partial charge in [-0.05, 0) is 44.2 Å². The van der Waals surface area contributed by atoms with Crippen molar-refractivity contribution in [3.8, 4) is 0 Å². The quantitative estimate of drug-likeness (QED) is 0.886. The molecule has 2 rings (SSSR count). The highest BCUT2D eigenvalue weighted by Crippen LogP contribution is 2.30. The number of hydrogen-bond donors (Lipinski definition) is 1. The SMILES string of the molecule is CCN(c1ccccc1F)S(=O)(=O)c1ccc(CCN)s1. The summed E-state index contributed by atoms with van der Waals surface area (Å²) in [5.41, 5.74) is 5.54. The first-order valence-corrected chi connectivity index (χ1v) is 8.82. The van der Waals surface area contributed by atoms with Gasteiger partial charge in [-0.3, -0.25) is 4.31 Å². The van der Waals surface area contributed by atoms with Crippen molar-refractivity contribution < 1.29 is 12.8 Å². The van der Waals surface area contributed by atoms with Crippen LogP contribution < -0.4 is 10.0 Å². The highest BCUT2D eigenvalue weighted by atomic mass is 32.2. The highest BCUT2D eigenvalue weighted by Gasteiger charge is 2.27. The molecule has 0 amide bonds. The Kier molecular flexibility index (Phi) is 4.97. The molecule has 0 saturated heterocycles. The largest absolute Gasteiger partial charge is 0.330 e. The molecule has 0 radical (unpaired) electrons. The topological polar surface area (TPSA) is 63.4 Å². The van der Waals surface area contributed by atoms with Gasteiger partial charge in [-0.25, -0.2) is 12.8 Å². The molecule has 0 aliphatic rings. The predicted octanol–water partition coefficient (Wildman–Crippen LogP) is 2.60. The second-order valence-corrected chi connectivity index (χ2v) is 7.64. The number of nitrogens with zero attached hydrogens (tertiary/aromatic N) is 1. The lowest BCUT2D eigenvalue weighted by Gasteiger charge is -2.22. The summed E-state index contributed by atoms with van der Waals surface area (Å²) in [5.74, 6) is -0.554. The minimum atomic E-state index is -3.75. The van der Waals surface area contributed by atoms with Crippen molar-refractivity contribution in [2.75, 3.05) is 17.4 Å². The summed E-state index contributed by atoms with van der Waals surface area (Å²) < 4.78 is 40.5. The lowest BCUT2D eigenvalue weighted by atomic mass is 10.3. The molecular formula is C14H17FN2O2S2. The molecule has 0 aliphatic carbocycles. The Morgan fingerprint density at radius 2 is 1.95 bits per heavy atom. The molecule has 114 valence electrons. The molecule has 0 spiro atoms. The molecule has 0 fully saturated rings. The van der Waals surface area contributed by atoms with E-state index in [9.17, 15) is 12.8 Å². The van der Waals surface area contributed by atoms with E-state index < -0.39 is 15.8 Å². The molecule has 0 atom stereocenters. The van der Waals surface area contributed by atoms with E-state index in [1.165, 1.54) is 29.5 Å². The lowest BCUT2D eigenvalue weighted by Crippen LogP contribution is -2.30. The third-order valence-corrected chi connectivity index (χ3v) is 6.48. The van der Waals surface area contributed by atoms with Gasteiger partial charge in [0.2, 0.25) is 0 Å². The standard InChI is InChI=1S/C14H17FN2O2S2/c1-2-17(13-6-4-3-5-12(13)15)21(18,19)14-8-7-11(20-14)9-10-16/h3-8H,2,9-10,16H2,1H3. The van der Waals surface area contributed by atoms with Gasteiger partial charge >= 0.3 is 0 Å². The first kappa shape index (κ1) is 15.9. The molecule has 0 bridgehead atoms. The van der Waals surface area contributed by atoms with Crippen molar-refractivity contribution in [2.45, 2.75) is 17.6 Å². The normalized spacial score (nSPS) is 11.6. The van der Waals surface area contributed by atoms with Gasteiger partial charge < -0.3 is 5.73 Å². The highest BCUT2D eigenvalue weighted by molar-refractivity contribution is 7.94. The maximum absolute atomic E-state index is 13.9. The summed E-state index contributed by atoms with van der Waals surface area (Å²) >= 11 is 1.18. The fraction of sp³-hybridized carbons (Fsp3) is 0.286. The Hall–Kier alpha value is -1.44. The zero-order chi connectivity index (χ0) is 15.5. The number of nitrogens with two attached hydrogens (primary N) is 1. The molecule has 0 aliphatic heterocycles. The average Bonchev–Trinajstić information content (AvgIpc) is 2.91. The molecule has 2 N–H and O–H groups in total. The number of thiophene rings is 1. The van der Waals surface area contributed by atoms with Crippen LogP contribution >= 0.6 is 11.3 Å². The molecule has 4 nitrogen and oxygen atoms in total. The molecule has 21 heavy (non-hydrogen) atoms. The van der Waals surface area contributed by atoms with Crippen LogP contribution in [-0.2, 0) is 16.4 Å². The van der Waals surface area contributed by atoms with Crippen molar-refractivity contribution in [1.29, 1.82) is 0 Å². The van der Waals surface area contributed by atoms with E-state index in [1.54, 1.807) is 25.1 Å². The van der Waals surface area contributed by atoms with Crippen LogP contribution in [0.3, 0.4) is 0 Å². The zero-order valence-corrected chi connectivity index (χ0v) is 13.3. The van der Waals surface area contributed by atoms with Gasteiger partial charge in [0, 0.05) is 11.4 Å². The summed E-state index contributed by atoms with van der Waals surface area (Å²) in [7, 11) is -3.75. The van der Waals surface area contributed by atoms with Crippen molar-refractivity contribution in [3.63, 3.8) is 0 Å². The van der Waals surface area contributed by atoms with Gasteiger partial charge in [0.1, 0.15) is 10.0 Å². The summed E-state index contributed by atoms with van der Waals surface area (Å²) in [4.78, 5) is 0.903. The summed E-state index contributed by atoms with van der Waals surface area (Å²) in [6, 6.07) is 9.16. The van der Waals surface area contributed by atoms with Gasteiger partial charge in [0.05, 0.1) is 5.69 Å². The molecule has 7 heteroatoms. The maximum Gasteiger partial charge on any atom is 0.273 e. The Morgan fingerprint density at radius 1 is 1.24 bits per heavy atom. The third kappa shape index (κ3) is 3.25. The fourth-order valence-electron chi connectivity index (χ4n) is 2.01. The van der Waals surface area contributed by atoms with Crippen LogP contribution in [0.15, 0.2) is 40.6 Å². The van der Waals surface area contributed by atoms with Crippen LogP contribution in [0.25, 0.3) is 0 Å². The van der Waals surface area contributed by atoms with Crippen molar-refractivity contribution in [2.24, 2.45) is 5.73 Å². The molecule has 0 saturated carbocycles. The van der Waals surface area contributed by atoms with E-state index in [1.807, 2.05) is 0 Å². The Balaban J connectivity index is 2.42. The number of halogens is 1. The molecule has 2 aromatic rings. The Labute approximate surface area is 128 Å². The van der Waals surface area contributed by atoms with Crippen molar-refractivity contribution >= 4 is 27.0 Å². The number of rotatable bonds is 6. The van der Waals surface area contributed by atoms with E-state index in [0.717, 1.165) is 9.18 Å². The smallest absolute Gasteiger partial charge is 0.273 e. The molecular weight excluding hydrogens is 311 g/mol. The second-order valence-electron chi connectivity index (χ2n) is 4.38. The van der Waals surface area contributed by atoms with E-state index in [0.29, 0.717) is 13.0 Å². The van der Waals surface area contributed by atoms with Gasteiger partial charge in [0.15, 0.2) is 0 Å². The third-order valence-electron chi connectivity index (χ3n) is 2.98. The average molecular weight is 328 g/mol. The number of sulfonamides is 1. The minimum Gasteiger partial charge on any atom is -0.330 e. The number of benzene rings is 1. The van der Waals surface area contributed by atoms with Crippen LogP contribution in [0, 0.1) is 5.82 Å². The number of anilines is 1. The Bertz CT molecular complexity index is 713. The minimum absolute atomic E-state index is 0.0637. The molecule has 1 aromatic carbocycles. The lowest BCUT2D eigenvalue weighted by molar-refractivity contribution is 0.588. The van der Waals surface area contributed by atoms with Crippen LogP contribution in [0.2, 0.25) is 0 Å². The predicted molar refractivity (Wildman–Crippen MR) is 83.7 cm³/mol. The van der Waals surface area contributed by atoms with Crippen LogP contribution in [0.1, 0.15) is 11.8 Å². The van der Waals surface area contributed by atoms with E-state index >= 15 is 0 Å². The summed E-state index contributed by atoms with van der Waals surface area (Å²) in [6.45, 7) is 2.30. The maximum atomic E-state index is 13.9. The summed E-state index contributed by atoms with van der Waals surface area (Å²) in [5, 5.41) is 0. The monoisotopic (exact) mass is 328 g/mol. The first-order chi connectivity index (χ1) is 10.0. The van der Waals surface area contributed by atoms with Crippen molar-refractivity contribution in [1.82, 2.24) is 0 Å². The van der Waals surface area contributed by atoms with Crippen LogP contribution in [0.5, 0.6) is 0 Å². The van der Waals surface area contributed by atoms with Crippen LogP contribution in [0.4, 0.5) is 10.1 Å². The molecule has 1 aromatic heterocycles. The Morgan fingerprint density at radius 3 is 2.57 bits per heavy atom. The van der Waals surface area contributed by atoms with E-state index in [2.05, 4.69) is 0 Å². The van der Waals surface area contributed by atoms with E-state index in [4.69, 9.17) is 5.73 Å². The van der Waals surface area contributed by atoms with Gasteiger partial charge in [-0.15, -0.1) is 11.3 Å². The second kappa shape index (κ2) is 6.55. The fourth-order valence-corrected chi connectivity index (χ4v) is 4.97. The van der Waals surface area contributed by atoms with Gasteiger partial charge in [0.25, 0.3) is 10.0 Å². The van der Waals surface area contributed by atoms with E-state index in [-0.39, 0.29) is 16.4 Å². The molecule has 0 unspecified atom stereocenters. The zero-order valence-electron chi connectivity index (χ0n) is 11.6.